The predicted octanol–water partition coefficient (Wildman–Crippen LogP) is 10.2. The summed E-state index contributed by atoms with van der Waals surface area (Å²) in [4.78, 5) is 12.8. The number of nitrogens with one attached hydrogen (secondary N) is 1. The zero-order valence-electron chi connectivity index (χ0n) is 30.3. The molecule has 1 N–H and O–H groups in total. The van der Waals surface area contributed by atoms with Crippen molar-refractivity contribution in [2.24, 2.45) is 35.6 Å². The average Bonchev–Trinajstić information content (AvgIpc) is 3.32. The molecule has 3 aliphatic rings. The zero-order chi connectivity index (χ0) is 32.7. The number of carbonyl (C=O) groups excluding carboxylic acids is 1. The number of allylic oxidation sites excluding steroid dienone is 2. The van der Waals surface area contributed by atoms with Gasteiger partial charge in [0.15, 0.2) is 0 Å². The van der Waals surface area contributed by atoms with Crippen molar-refractivity contribution in [3.63, 3.8) is 0 Å². The van der Waals surface area contributed by atoms with Gasteiger partial charge < -0.3 is 14.3 Å². The van der Waals surface area contributed by atoms with Crippen molar-refractivity contribution in [3.05, 3.63) is 47.2 Å². The molecule has 2 aromatic rings. The van der Waals surface area contributed by atoms with E-state index >= 15 is 0 Å². The van der Waals surface area contributed by atoms with E-state index in [9.17, 15) is 4.79 Å². The minimum atomic E-state index is -0.927. The summed E-state index contributed by atoms with van der Waals surface area (Å²) < 4.78 is 9.35. The molecular weight excluding hydrogens is 569 g/mol. The molecule has 1 radical (unpaired) electrons. The SMILES string of the molecule is CC1=C(CCCC(=O)NCCc2ccc3c(ccn3C)c2)[C@@H]2CC[C@H]3C(C)(C)[C@@H](O[Si](C(C)C)C(C)(C)C)CC[C@]3(C)[C@H]2CC1. The fourth-order valence-corrected chi connectivity index (χ4v) is 13.4. The van der Waals surface area contributed by atoms with Crippen LogP contribution < -0.4 is 5.32 Å². The Kier molecular flexibility index (Phi) is 10.2. The first-order valence-corrected chi connectivity index (χ1v) is 19.6. The first-order valence-electron chi connectivity index (χ1n) is 18.2. The van der Waals surface area contributed by atoms with E-state index in [-0.39, 0.29) is 16.4 Å². The Balaban J connectivity index is 1.16. The lowest BCUT2D eigenvalue weighted by molar-refractivity contribution is -0.144. The molecule has 0 aliphatic heterocycles. The van der Waals surface area contributed by atoms with E-state index in [0.717, 1.165) is 25.2 Å². The molecule has 5 atom stereocenters. The van der Waals surface area contributed by atoms with Gasteiger partial charge in [0.2, 0.25) is 14.9 Å². The van der Waals surface area contributed by atoms with Crippen molar-refractivity contribution in [1.82, 2.24) is 9.88 Å². The number of carbonyl (C=O) groups is 1. The van der Waals surface area contributed by atoms with Gasteiger partial charge in [0.25, 0.3) is 0 Å². The maximum Gasteiger partial charge on any atom is 0.220 e. The number of amides is 1. The van der Waals surface area contributed by atoms with Crippen molar-refractivity contribution in [1.29, 1.82) is 0 Å². The number of benzene rings is 1. The molecule has 1 aromatic heterocycles. The van der Waals surface area contributed by atoms with Gasteiger partial charge in [-0.2, -0.15) is 0 Å². The Labute approximate surface area is 276 Å². The first kappa shape index (κ1) is 34.5. The summed E-state index contributed by atoms with van der Waals surface area (Å²) >= 11 is 0. The van der Waals surface area contributed by atoms with Crippen LogP contribution in [0, 0.1) is 28.6 Å². The molecule has 0 unspecified atom stereocenters. The van der Waals surface area contributed by atoms with E-state index in [0.29, 0.717) is 41.9 Å². The van der Waals surface area contributed by atoms with E-state index < -0.39 is 9.04 Å². The molecule has 2 saturated carbocycles. The number of rotatable bonds is 10. The van der Waals surface area contributed by atoms with E-state index in [1.54, 1.807) is 11.1 Å². The van der Waals surface area contributed by atoms with E-state index in [2.05, 4.69) is 110 Å². The normalized spacial score (nSPS) is 28.4. The van der Waals surface area contributed by atoms with Gasteiger partial charge in [0.05, 0.1) is 6.10 Å². The molecule has 5 heteroatoms. The van der Waals surface area contributed by atoms with Gasteiger partial charge in [0.1, 0.15) is 0 Å². The molecule has 2 fully saturated rings. The van der Waals surface area contributed by atoms with Crippen LogP contribution in [-0.2, 0) is 22.7 Å². The van der Waals surface area contributed by atoms with Gasteiger partial charge in [-0.25, -0.2) is 0 Å². The van der Waals surface area contributed by atoms with E-state index in [1.807, 2.05) is 0 Å². The van der Waals surface area contributed by atoms with Crippen molar-refractivity contribution in [2.45, 2.75) is 143 Å². The number of nitrogens with zero attached hydrogens (tertiary/aromatic N) is 1. The van der Waals surface area contributed by atoms with Gasteiger partial charge >= 0.3 is 0 Å². The molecule has 1 aromatic carbocycles. The van der Waals surface area contributed by atoms with E-state index in [4.69, 9.17) is 4.43 Å². The third kappa shape index (κ3) is 7.05. The third-order valence-corrected chi connectivity index (χ3v) is 15.5. The topological polar surface area (TPSA) is 43.3 Å². The van der Waals surface area contributed by atoms with Gasteiger partial charge in [-0.1, -0.05) is 72.6 Å². The molecule has 1 amide bonds. The number of aromatic nitrogens is 1. The summed E-state index contributed by atoms with van der Waals surface area (Å²) in [7, 11) is 1.15. The van der Waals surface area contributed by atoms with Crippen LogP contribution in [0.2, 0.25) is 10.6 Å². The Bertz CT molecular complexity index is 1380. The highest BCUT2D eigenvalue weighted by Gasteiger charge is 2.59. The predicted molar refractivity (Wildman–Crippen MR) is 192 cm³/mol. The number of fused-ring (bicyclic) bond motifs is 4. The number of aryl methyl sites for hydroxylation is 1. The van der Waals surface area contributed by atoms with Crippen LogP contribution in [0.4, 0.5) is 0 Å². The lowest BCUT2D eigenvalue weighted by Crippen LogP contribution is -2.58. The average molecular weight is 632 g/mol. The molecule has 249 valence electrons. The molecule has 0 bridgehead atoms. The molecule has 3 aliphatic carbocycles. The molecule has 1 heterocycles. The lowest BCUT2D eigenvalue weighted by Gasteiger charge is -2.63. The quantitative estimate of drug-likeness (QED) is 0.209. The minimum Gasteiger partial charge on any atom is -0.412 e. The minimum absolute atomic E-state index is 0.203. The second kappa shape index (κ2) is 13.3. The van der Waals surface area contributed by atoms with Crippen molar-refractivity contribution in [2.75, 3.05) is 6.54 Å². The summed E-state index contributed by atoms with van der Waals surface area (Å²) in [5, 5.41) is 4.73. The Morgan fingerprint density at radius 1 is 1.09 bits per heavy atom. The Hall–Kier alpha value is -1.85. The van der Waals surface area contributed by atoms with Crippen molar-refractivity contribution in [3.8, 4) is 0 Å². The number of hydrogen-bond donors (Lipinski definition) is 1. The molecular formula is C40H63N2O2Si. The molecule has 45 heavy (non-hydrogen) atoms. The van der Waals surface area contributed by atoms with Crippen molar-refractivity contribution < 1.29 is 9.22 Å². The largest absolute Gasteiger partial charge is 0.412 e. The van der Waals surface area contributed by atoms with Crippen LogP contribution in [0.15, 0.2) is 41.6 Å². The molecule has 0 spiro atoms. The van der Waals surface area contributed by atoms with Crippen LogP contribution >= 0.6 is 0 Å². The van der Waals surface area contributed by atoms with Gasteiger partial charge in [-0.3, -0.25) is 4.79 Å². The highest BCUT2D eigenvalue weighted by atomic mass is 28.3. The first-order chi connectivity index (χ1) is 21.1. The van der Waals surface area contributed by atoms with Crippen LogP contribution in [0.1, 0.15) is 126 Å². The molecule has 5 rings (SSSR count). The molecule has 0 saturated heterocycles. The van der Waals surface area contributed by atoms with Gasteiger partial charge in [-0.05, 0) is 133 Å². The highest BCUT2D eigenvalue weighted by molar-refractivity contribution is 6.56. The van der Waals surface area contributed by atoms with Crippen LogP contribution in [-0.4, -0.2) is 32.2 Å². The summed E-state index contributed by atoms with van der Waals surface area (Å²) in [5.74, 6) is 2.39. The summed E-state index contributed by atoms with van der Waals surface area (Å²) in [6.45, 7) is 22.8. The monoisotopic (exact) mass is 631 g/mol. The fraction of sp³-hybridized carbons (Fsp3) is 0.725. The van der Waals surface area contributed by atoms with E-state index in [1.165, 1.54) is 55.0 Å². The standard InChI is InChI=1S/C40H63N2O2Si/c1-27(2)45(38(4,5)6)44-36-20-23-40(9)33-17-14-28(3)31(32(33)16-19-35(40)39(36,7)8)12-11-13-37(43)41-24-21-29-15-18-34-30(26-29)22-25-42(34)10/h15,18,22,25-27,32-33,35-36H,11-14,16-17,19-21,23-24H2,1-10H3,(H,41,43)/t32-,33-,35-,36-,40+/m0/s1. The van der Waals surface area contributed by atoms with Gasteiger partial charge in [-0.15, -0.1) is 0 Å². The zero-order valence-corrected chi connectivity index (χ0v) is 31.3. The Morgan fingerprint density at radius 2 is 1.84 bits per heavy atom. The van der Waals surface area contributed by atoms with Crippen molar-refractivity contribution >= 4 is 25.9 Å². The fourth-order valence-electron chi connectivity index (χ4n) is 10.3. The van der Waals surface area contributed by atoms with Crippen LogP contribution in [0.25, 0.3) is 10.9 Å². The highest BCUT2D eigenvalue weighted by Crippen LogP contribution is 2.65. The second-order valence-corrected chi connectivity index (χ2v) is 20.8. The number of hydrogen-bond acceptors (Lipinski definition) is 2. The molecule has 4 nitrogen and oxygen atoms in total. The third-order valence-electron chi connectivity index (χ3n) is 12.5. The summed E-state index contributed by atoms with van der Waals surface area (Å²) in [6, 6.07) is 8.79. The van der Waals surface area contributed by atoms with Gasteiger partial charge in [0, 0.05) is 31.7 Å². The maximum atomic E-state index is 12.8. The van der Waals surface area contributed by atoms with Crippen LogP contribution in [0.3, 0.4) is 0 Å². The second-order valence-electron chi connectivity index (χ2n) is 17.2. The lowest BCUT2D eigenvalue weighted by atomic mass is 9.43. The summed E-state index contributed by atoms with van der Waals surface area (Å²) in [5.41, 5.74) is 7.08. The summed E-state index contributed by atoms with van der Waals surface area (Å²) in [6.07, 6.45) is 13.8. The smallest absolute Gasteiger partial charge is 0.220 e. The maximum absolute atomic E-state index is 12.8. The Morgan fingerprint density at radius 3 is 2.56 bits per heavy atom. The van der Waals surface area contributed by atoms with Crippen LogP contribution in [0.5, 0.6) is 0 Å².